The number of amides is 1. The molecule has 7 heterocycles. The van der Waals surface area contributed by atoms with Gasteiger partial charge in [0.2, 0.25) is 5.91 Å². The van der Waals surface area contributed by atoms with Crippen LogP contribution in [0.1, 0.15) is 130 Å². The third kappa shape index (κ3) is 26.6. The number of thiocarbonyl (C=S) groups is 1. The number of nitrogens with one attached hydrogen (secondary N) is 6. The number of benzene rings is 7. The summed E-state index contributed by atoms with van der Waals surface area (Å²) in [7, 11) is 15.6. The quantitative estimate of drug-likeness (QED) is 0.00982. The van der Waals surface area contributed by atoms with Gasteiger partial charge in [0.15, 0.2) is 29.0 Å². The number of carbonyl (C=O) groups is 4. The van der Waals surface area contributed by atoms with E-state index in [1.807, 2.05) is 114 Å². The molecular weight excluding hydrogens is 2060 g/mol. The molecule has 1 radical (unpaired) electrons. The standard InChI is InChI=1S/C13H14BrClN4O.C13H15ClN4O.C12H13BrClNO2.C12H14ClNO2.C12H14ClNOS.C7H6Br2ClNO.C7H8ClNO.C4H9NO2.C2H6N2O.BHNS/c1-6-17-18-12-13(2,3)16-9-8(15)5-7(14)11(20-4)10(9)19(6)12;1-7-16-17-12-13(2,3)15-10-8(14)5-6-9(19-4)11(10)18(7)12;1-12(2)9(16)4-6-8(17-3)5-7(13)10(14)11(6)15-12;1-12(2)10(15)6-7-9(16-3)5-4-8(13)11(7)14-12;1-12(2)10(16)6-7-9(15-3)5-4-8(13)11(7)14-12;1-12-4-2-3(8)6(10)5(9)7(4)11;1-10-7-3-2-5(8)4-6(7)9;1-4(2,5)3(6)7;1-2(5)4-3;1-2-3/h5,16H,1-4H3;5-6,15H,1-4H3;5,15H,4H2,1-3H3;2*4-5,14H,6H2,1-3H3;2H,11H2,1H3;2-4H,9H2,1H3;5H2,1-2H3,(H,6,7);3H2,1H3,(H,4,5);3H. The average Bonchev–Trinajstić information content (AvgIpc) is 1.70. The van der Waals surface area contributed by atoms with Crippen molar-refractivity contribution in [2.75, 3.05) is 87.8 Å². The molecular formula is C82H100BBr4Cl7N17O12S2. The molecule has 5 aliphatic rings. The van der Waals surface area contributed by atoms with Gasteiger partial charge in [0.05, 0.1) is 156 Å². The summed E-state index contributed by atoms with van der Waals surface area (Å²) in [5.41, 5.74) is 24.7. The number of aryl methyl sites for hydroxylation is 2. The zero-order chi connectivity index (χ0) is 95.0. The van der Waals surface area contributed by atoms with Crippen molar-refractivity contribution in [1.82, 2.24) is 35.0 Å². The Morgan fingerprint density at radius 3 is 1.30 bits per heavy atom. The number of ketones is 2. The molecule has 0 bridgehead atoms. The van der Waals surface area contributed by atoms with Gasteiger partial charge >= 0.3 is 30.7 Å². The first-order valence-electron chi connectivity index (χ1n) is 37.2. The van der Waals surface area contributed by atoms with E-state index in [1.165, 1.54) is 20.8 Å². The van der Waals surface area contributed by atoms with Crippen molar-refractivity contribution in [3.63, 3.8) is 0 Å². The van der Waals surface area contributed by atoms with Crippen LogP contribution in [0.2, 0.25) is 35.2 Å². The van der Waals surface area contributed by atoms with Gasteiger partial charge in [0.1, 0.15) is 63.1 Å². The van der Waals surface area contributed by atoms with Gasteiger partial charge in [-0.15, -0.1) is 20.4 Å². The van der Waals surface area contributed by atoms with Gasteiger partial charge in [-0.2, -0.15) is 0 Å². The van der Waals surface area contributed by atoms with Gasteiger partial charge in [-0.25, -0.2) is 5.84 Å². The van der Waals surface area contributed by atoms with Crippen LogP contribution in [-0.2, 0) is 49.5 Å². The molecule has 29 nitrogen and oxygen atoms in total. The van der Waals surface area contributed by atoms with Crippen molar-refractivity contribution in [3.8, 4) is 51.6 Å². The third-order valence-electron chi connectivity index (χ3n) is 18.9. The monoisotopic (exact) mass is 2150 g/mol. The predicted molar refractivity (Wildman–Crippen MR) is 526 cm³/mol. The van der Waals surface area contributed by atoms with Crippen LogP contribution in [0.15, 0.2) is 95.0 Å². The molecule has 9 aromatic rings. The summed E-state index contributed by atoms with van der Waals surface area (Å²) in [6, 6.07) is 21.4. The number of rotatable bonds is 8. The molecule has 0 atom stereocenters. The first-order chi connectivity index (χ1) is 58.0. The van der Waals surface area contributed by atoms with E-state index >= 15 is 0 Å². The predicted octanol–water partition coefficient (Wildman–Crippen LogP) is 20.5. The minimum atomic E-state index is -1.08. The second-order valence-corrected chi connectivity index (χ2v) is 37.6. The molecule has 15 N–H and O–H groups in total. The number of carboxylic acid groups (broad SMARTS) is 1. The van der Waals surface area contributed by atoms with Crippen LogP contribution in [0.25, 0.3) is 11.4 Å². The van der Waals surface area contributed by atoms with Crippen LogP contribution in [-0.4, -0.2) is 143 Å². The number of ether oxygens (including phenoxy) is 7. The number of nitrogens with zero attached hydrogens (tertiary/aromatic N) is 7. The maximum atomic E-state index is 12.0. The van der Waals surface area contributed by atoms with E-state index in [2.05, 4.69) is 155 Å². The number of anilines is 7. The fraction of sp³-hybridized carbons (Fsp3) is 0.378. The van der Waals surface area contributed by atoms with Crippen molar-refractivity contribution < 1.29 is 57.4 Å². The molecule has 0 fully saturated rings. The Morgan fingerprint density at radius 1 is 0.528 bits per heavy atom. The van der Waals surface area contributed by atoms with Crippen LogP contribution in [0, 0.1) is 13.8 Å². The Morgan fingerprint density at radius 2 is 0.888 bits per heavy atom. The summed E-state index contributed by atoms with van der Waals surface area (Å²) in [4.78, 5) is 44.3. The SMILES string of the molecule is CC(=O)NN.CC(C)(N)C(=O)O.COc1c(Br)cc(Cl)c2c1-n1c(C)nnc1C(C)(C)N2.COc1cc(Br)c(Cl)c(Br)c1N.COc1cc(Br)c(Cl)c2c1CC(=O)C(C)(C)N2.COc1ccc(Cl)c2c1-n1c(C)nnc1C(C)(C)N2.COc1ccc(Cl)c2c1CC(=O)C(C)(C)N2.COc1ccc(Cl)c2c1CC(=S)C(C)(C)N2.COc1ccc(Cl)cc1N.[B]=NS. The Balaban J connectivity index is 0.000000254. The number of carboxylic acids is 1. The zero-order valence-corrected chi connectivity index (χ0v) is 85.9. The summed E-state index contributed by atoms with van der Waals surface area (Å²) < 4.78 is 46.4. The van der Waals surface area contributed by atoms with Crippen molar-refractivity contribution in [2.24, 2.45) is 15.9 Å². The van der Waals surface area contributed by atoms with Crippen molar-refractivity contribution in [1.29, 1.82) is 0 Å². The van der Waals surface area contributed by atoms with E-state index in [0.29, 0.717) is 92.6 Å². The van der Waals surface area contributed by atoms with Crippen LogP contribution >= 0.6 is 170 Å². The Hall–Kier alpha value is -7.53. The molecule has 0 spiro atoms. The van der Waals surface area contributed by atoms with E-state index < -0.39 is 22.6 Å². The van der Waals surface area contributed by atoms with E-state index in [-0.39, 0.29) is 34.1 Å². The van der Waals surface area contributed by atoms with E-state index in [0.717, 1.165) is 116 Å². The number of Topliss-reactive ketones (excluding diaryl/α,β-unsaturated/α-hetero) is 2. The Labute approximate surface area is 808 Å². The summed E-state index contributed by atoms with van der Waals surface area (Å²) >= 11 is 64.8. The number of methoxy groups -OCH3 is 7. The molecule has 14 rings (SSSR count). The molecule has 1 amide bonds. The van der Waals surface area contributed by atoms with E-state index in [4.69, 9.17) is 149 Å². The molecule has 2 aromatic heterocycles. The number of hydrogen-bond acceptors (Lipinski definition) is 27. The fourth-order valence-electron chi connectivity index (χ4n) is 12.1. The molecule has 0 unspecified atom stereocenters. The van der Waals surface area contributed by atoms with Crippen molar-refractivity contribution in [3.05, 3.63) is 166 Å². The number of nitrogens with two attached hydrogens (primary N) is 4. The first kappa shape index (κ1) is 108. The fourth-order valence-corrected chi connectivity index (χ4v) is 15.9. The molecule has 0 aliphatic carbocycles. The van der Waals surface area contributed by atoms with Gasteiger partial charge in [0.25, 0.3) is 0 Å². The topological polar surface area (TPSA) is 403 Å². The first-order valence-corrected chi connectivity index (χ1v) is 43.8. The van der Waals surface area contributed by atoms with Crippen LogP contribution in [0.5, 0.6) is 40.2 Å². The number of fused-ring (bicyclic) bond motifs is 9. The molecule has 0 saturated carbocycles. The summed E-state index contributed by atoms with van der Waals surface area (Å²) in [6.07, 6.45) is 1.43. The summed E-state index contributed by atoms with van der Waals surface area (Å²) in [5.74, 6) is 11.8. The molecule has 0 saturated heterocycles. The number of aromatic nitrogens is 6. The van der Waals surface area contributed by atoms with E-state index in [1.54, 1.807) is 92.2 Å². The summed E-state index contributed by atoms with van der Waals surface area (Å²) in [5, 5.41) is 46.0. The third-order valence-corrected chi connectivity index (χ3v) is 25.2. The van der Waals surface area contributed by atoms with Crippen molar-refractivity contribution >= 4 is 246 Å². The second kappa shape index (κ2) is 45.6. The van der Waals surface area contributed by atoms with Crippen LogP contribution in [0.3, 0.4) is 0 Å². The zero-order valence-electron chi connectivity index (χ0n) is 72.5. The number of thiol groups is 1. The molecule has 125 heavy (non-hydrogen) atoms. The Kier molecular flexibility index (Phi) is 39.4. The number of hydrogen-bond donors (Lipinski definition) is 12. The van der Waals surface area contributed by atoms with Crippen molar-refractivity contribution in [2.45, 2.75) is 156 Å². The maximum absolute atomic E-state index is 12.0. The molecule has 7 aromatic carbocycles. The minimum absolute atomic E-state index is 0.127. The normalized spacial score (nSPS) is 14.4. The van der Waals surface area contributed by atoms with Gasteiger partial charge < -0.3 is 82.0 Å². The number of hydrazine groups is 1. The molecule has 5 aliphatic heterocycles. The average molecular weight is 2160 g/mol. The van der Waals surface area contributed by atoms with Crippen LogP contribution in [0.4, 0.5) is 39.8 Å². The number of carbonyl (C=O) groups excluding carboxylic acids is 3. The number of nitrogen functional groups attached to an aromatic ring is 2. The molecule has 43 heteroatoms. The Bertz CT molecular complexity index is 5410. The number of halogens is 11. The van der Waals surface area contributed by atoms with Gasteiger partial charge in [-0.3, -0.25) is 33.7 Å². The van der Waals surface area contributed by atoms with E-state index in [9.17, 15) is 19.2 Å². The second-order valence-electron chi connectivity index (χ2n) is 30.7. The molecule has 677 valence electrons. The summed E-state index contributed by atoms with van der Waals surface area (Å²) in [6.45, 7) is 27.8. The van der Waals surface area contributed by atoms with Crippen LogP contribution < -0.4 is 88.2 Å². The number of aliphatic carboxylic acids is 1. The van der Waals surface area contributed by atoms with Gasteiger partial charge in [-0.1, -0.05) is 93.4 Å². The van der Waals surface area contributed by atoms with Gasteiger partial charge in [0, 0.05) is 61.7 Å². The van der Waals surface area contributed by atoms with Gasteiger partial charge in [-0.05, 0) is 233 Å².